The van der Waals surface area contributed by atoms with Crippen molar-refractivity contribution in [2.45, 2.75) is 32.6 Å². The number of hydrogen-bond donors (Lipinski definition) is 0. The van der Waals surface area contributed by atoms with E-state index in [-0.39, 0.29) is 5.78 Å². The Bertz CT molecular complexity index is 511. The van der Waals surface area contributed by atoms with Crippen LogP contribution in [0.2, 0.25) is 0 Å². The van der Waals surface area contributed by atoms with Crippen molar-refractivity contribution in [3.8, 4) is 0 Å². The maximum absolute atomic E-state index is 12.0. The molecule has 0 N–H and O–H groups in total. The largest absolute Gasteiger partial charge is 0.294 e. The minimum atomic E-state index is 0.249. The summed E-state index contributed by atoms with van der Waals surface area (Å²) < 4.78 is 0. The molecule has 0 aromatic heterocycles. The van der Waals surface area contributed by atoms with E-state index in [0.29, 0.717) is 6.42 Å². The lowest BCUT2D eigenvalue weighted by Gasteiger charge is -2.03. The van der Waals surface area contributed by atoms with Crippen molar-refractivity contribution in [1.82, 2.24) is 0 Å². The van der Waals surface area contributed by atoms with Crippen LogP contribution in [0.1, 0.15) is 41.3 Å². The van der Waals surface area contributed by atoms with Crippen LogP contribution in [-0.4, -0.2) is 5.78 Å². The van der Waals surface area contributed by atoms with E-state index < -0.39 is 0 Å². The molecule has 0 atom stereocenters. The highest BCUT2D eigenvalue weighted by Crippen LogP contribution is 2.11. The number of aryl methyl sites for hydroxylation is 2. The Hall–Kier alpha value is -1.89. The highest BCUT2D eigenvalue weighted by Gasteiger charge is 2.05. The minimum absolute atomic E-state index is 0.249. The van der Waals surface area contributed by atoms with Gasteiger partial charge in [0.2, 0.25) is 0 Å². The second-order valence-electron chi connectivity index (χ2n) is 4.81. The molecule has 0 aliphatic carbocycles. The maximum atomic E-state index is 12.0. The van der Waals surface area contributed by atoms with E-state index >= 15 is 0 Å². The highest BCUT2D eigenvalue weighted by molar-refractivity contribution is 5.96. The molecule has 0 aliphatic rings. The van der Waals surface area contributed by atoms with E-state index in [1.165, 1.54) is 11.1 Å². The molecule has 0 amide bonds. The first-order valence-electron chi connectivity index (χ1n) is 6.95. The summed E-state index contributed by atoms with van der Waals surface area (Å²) in [5.74, 6) is 0.249. The quantitative estimate of drug-likeness (QED) is 0.694. The summed E-state index contributed by atoms with van der Waals surface area (Å²) in [5, 5.41) is 0. The van der Waals surface area contributed by atoms with Crippen LogP contribution in [0.15, 0.2) is 54.6 Å². The van der Waals surface area contributed by atoms with Crippen molar-refractivity contribution in [1.29, 1.82) is 0 Å². The van der Waals surface area contributed by atoms with E-state index in [4.69, 9.17) is 0 Å². The molecule has 0 radical (unpaired) electrons. The van der Waals surface area contributed by atoms with Gasteiger partial charge in [-0.05, 0) is 30.4 Å². The van der Waals surface area contributed by atoms with Crippen LogP contribution in [0.4, 0.5) is 0 Å². The Kier molecular flexibility index (Phi) is 4.91. The van der Waals surface area contributed by atoms with Crippen molar-refractivity contribution >= 4 is 5.78 Å². The van der Waals surface area contributed by atoms with Gasteiger partial charge in [-0.3, -0.25) is 4.79 Å². The van der Waals surface area contributed by atoms with Gasteiger partial charge in [-0.15, -0.1) is 0 Å². The maximum Gasteiger partial charge on any atom is 0.162 e. The minimum Gasteiger partial charge on any atom is -0.294 e. The molecule has 19 heavy (non-hydrogen) atoms. The van der Waals surface area contributed by atoms with Crippen LogP contribution in [0.25, 0.3) is 0 Å². The normalized spacial score (nSPS) is 10.4. The SMILES string of the molecule is CCc1ccc(C(=O)CCCc2ccccc2)cc1. The molecule has 98 valence electrons. The van der Waals surface area contributed by atoms with Crippen LogP contribution < -0.4 is 0 Å². The third kappa shape index (κ3) is 4.06. The Morgan fingerprint density at radius 2 is 1.58 bits per heavy atom. The number of benzene rings is 2. The lowest BCUT2D eigenvalue weighted by molar-refractivity contribution is 0.0980. The van der Waals surface area contributed by atoms with Crippen LogP contribution in [0.5, 0.6) is 0 Å². The molecule has 2 aromatic rings. The van der Waals surface area contributed by atoms with E-state index in [9.17, 15) is 4.79 Å². The molecule has 0 bridgehead atoms. The van der Waals surface area contributed by atoms with E-state index in [1.54, 1.807) is 0 Å². The standard InChI is InChI=1S/C18H20O/c1-2-15-11-13-17(14-12-15)18(19)10-6-9-16-7-4-3-5-8-16/h3-5,7-8,11-14H,2,6,9-10H2,1H3. The van der Waals surface area contributed by atoms with Gasteiger partial charge in [0, 0.05) is 12.0 Å². The first-order valence-corrected chi connectivity index (χ1v) is 6.95. The van der Waals surface area contributed by atoms with Gasteiger partial charge in [-0.2, -0.15) is 0 Å². The third-order valence-corrected chi connectivity index (χ3v) is 3.40. The van der Waals surface area contributed by atoms with Gasteiger partial charge < -0.3 is 0 Å². The molecule has 2 aromatic carbocycles. The average molecular weight is 252 g/mol. The summed E-state index contributed by atoms with van der Waals surface area (Å²) in [4.78, 5) is 12.0. The molecule has 1 nitrogen and oxygen atoms in total. The van der Waals surface area contributed by atoms with E-state index in [2.05, 4.69) is 19.1 Å². The van der Waals surface area contributed by atoms with Crippen LogP contribution >= 0.6 is 0 Å². The average Bonchev–Trinajstić information content (AvgIpc) is 2.48. The van der Waals surface area contributed by atoms with Crippen LogP contribution in [0.3, 0.4) is 0 Å². The first-order chi connectivity index (χ1) is 9.29. The van der Waals surface area contributed by atoms with Gasteiger partial charge in [0.05, 0.1) is 0 Å². The number of carbonyl (C=O) groups excluding carboxylic acids is 1. The molecule has 0 spiro atoms. The van der Waals surface area contributed by atoms with Crippen molar-refractivity contribution in [3.05, 3.63) is 71.3 Å². The number of ketones is 1. The molecule has 0 heterocycles. The van der Waals surface area contributed by atoms with E-state index in [0.717, 1.165) is 24.8 Å². The zero-order chi connectivity index (χ0) is 13.5. The molecule has 0 saturated heterocycles. The van der Waals surface area contributed by atoms with Crippen molar-refractivity contribution in [3.63, 3.8) is 0 Å². The molecular weight excluding hydrogens is 232 g/mol. The van der Waals surface area contributed by atoms with E-state index in [1.807, 2.05) is 42.5 Å². The summed E-state index contributed by atoms with van der Waals surface area (Å²) >= 11 is 0. The predicted octanol–water partition coefficient (Wildman–Crippen LogP) is 4.45. The van der Waals surface area contributed by atoms with Crippen LogP contribution in [-0.2, 0) is 12.8 Å². The van der Waals surface area contributed by atoms with Crippen molar-refractivity contribution < 1.29 is 4.79 Å². The zero-order valence-corrected chi connectivity index (χ0v) is 11.4. The first kappa shape index (κ1) is 13.5. The van der Waals surface area contributed by atoms with Crippen LogP contribution in [0, 0.1) is 0 Å². The zero-order valence-electron chi connectivity index (χ0n) is 11.4. The number of carbonyl (C=O) groups is 1. The fourth-order valence-electron chi connectivity index (χ4n) is 2.17. The summed E-state index contributed by atoms with van der Waals surface area (Å²) in [6.45, 7) is 2.12. The van der Waals surface area contributed by atoms with Gasteiger partial charge in [0.1, 0.15) is 0 Å². The number of rotatable bonds is 6. The number of Topliss-reactive ketones (excluding diaryl/α,β-unsaturated/α-hetero) is 1. The Morgan fingerprint density at radius 3 is 2.21 bits per heavy atom. The second-order valence-corrected chi connectivity index (χ2v) is 4.81. The van der Waals surface area contributed by atoms with Gasteiger partial charge in [0.15, 0.2) is 5.78 Å². The van der Waals surface area contributed by atoms with Gasteiger partial charge in [0.25, 0.3) is 0 Å². The summed E-state index contributed by atoms with van der Waals surface area (Å²) in [7, 11) is 0. The lowest BCUT2D eigenvalue weighted by Crippen LogP contribution is -2.00. The topological polar surface area (TPSA) is 17.1 Å². The molecule has 0 saturated carbocycles. The fraction of sp³-hybridized carbons (Fsp3) is 0.278. The fourth-order valence-corrected chi connectivity index (χ4v) is 2.17. The van der Waals surface area contributed by atoms with Crippen molar-refractivity contribution in [2.24, 2.45) is 0 Å². The molecule has 2 rings (SSSR count). The summed E-state index contributed by atoms with van der Waals surface area (Å²) in [5.41, 5.74) is 3.42. The summed E-state index contributed by atoms with van der Waals surface area (Å²) in [6, 6.07) is 18.3. The van der Waals surface area contributed by atoms with Gasteiger partial charge >= 0.3 is 0 Å². The van der Waals surface area contributed by atoms with Gasteiger partial charge in [-0.1, -0.05) is 61.5 Å². The molecular formula is C18H20O. The second kappa shape index (κ2) is 6.89. The molecule has 1 heteroatoms. The molecule has 0 fully saturated rings. The highest BCUT2D eigenvalue weighted by atomic mass is 16.1. The van der Waals surface area contributed by atoms with Gasteiger partial charge in [-0.25, -0.2) is 0 Å². The Balaban J connectivity index is 1.84. The smallest absolute Gasteiger partial charge is 0.162 e. The summed E-state index contributed by atoms with van der Waals surface area (Å²) in [6.07, 6.45) is 3.53. The lowest BCUT2D eigenvalue weighted by atomic mass is 10.0. The molecule has 0 aliphatic heterocycles. The molecule has 0 unspecified atom stereocenters. The predicted molar refractivity (Wildman–Crippen MR) is 79.5 cm³/mol. The Morgan fingerprint density at radius 1 is 0.895 bits per heavy atom. The monoisotopic (exact) mass is 252 g/mol. The number of hydrogen-bond acceptors (Lipinski definition) is 1. The Labute approximate surface area is 115 Å². The third-order valence-electron chi connectivity index (χ3n) is 3.40. The van der Waals surface area contributed by atoms with Crippen molar-refractivity contribution in [2.75, 3.05) is 0 Å².